The number of furan rings is 1. The highest BCUT2D eigenvalue weighted by atomic mass is 35.5. The maximum absolute atomic E-state index is 12.0. The summed E-state index contributed by atoms with van der Waals surface area (Å²) in [6, 6.07) is 16.7. The molecule has 142 valence electrons. The molecule has 6 nitrogen and oxygen atoms in total. The van der Waals surface area contributed by atoms with Crippen LogP contribution >= 0.6 is 11.6 Å². The molecule has 1 heterocycles. The molecule has 0 amide bonds. The molecule has 0 spiro atoms. The molecule has 2 aromatic carbocycles. The lowest BCUT2D eigenvalue weighted by molar-refractivity contribution is -0.374. The van der Waals surface area contributed by atoms with Gasteiger partial charge in [0.2, 0.25) is 0 Å². The van der Waals surface area contributed by atoms with Gasteiger partial charge in [-0.25, -0.2) is 4.79 Å². The molecule has 1 aromatic heterocycles. The van der Waals surface area contributed by atoms with Crippen molar-refractivity contribution in [2.75, 3.05) is 6.61 Å². The number of nitrogens with zero attached hydrogens (tertiary/aromatic N) is 1. The van der Waals surface area contributed by atoms with E-state index in [-0.39, 0.29) is 22.9 Å². The number of hydrogen-bond donors (Lipinski definition) is 0. The molecular formula is C21H16ClNO5. The summed E-state index contributed by atoms with van der Waals surface area (Å²) in [5.74, 6) is 0.239. The van der Waals surface area contributed by atoms with Crippen molar-refractivity contribution in [2.24, 2.45) is 0 Å². The first kappa shape index (κ1) is 19.4. The Hall–Kier alpha value is -3.38. The van der Waals surface area contributed by atoms with Crippen molar-refractivity contribution in [1.29, 1.82) is 0 Å². The van der Waals surface area contributed by atoms with Gasteiger partial charge in [0, 0.05) is 5.56 Å². The number of carbonyl (C=O) groups excluding carboxylic acids is 1. The summed E-state index contributed by atoms with van der Waals surface area (Å²) in [6.07, 6.45) is 1.36. The number of benzene rings is 2. The van der Waals surface area contributed by atoms with Crippen LogP contribution in [-0.2, 0) is 4.74 Å². The highest BCUT2D eigenvalue weighted by Crippen LogP contribution is 2.29. The minimum absolute atomic E-state index is 0.0789. The van der Waals surface area contributed by atoms with Crippen LogP contribution in [0.4, 0.5) is 0 Å². The quantitative estimate of drug-likeness (QED) is 0.309. The van der Waals surface area contributed by atoms with Gasteiger partial charge in [0.25, 0.3) is 5.70 Å². The van der Waals surface area contributed by atoms with Crippen molar-refractivity contribution >= 4 is 29.3 Å². The fourth-order valence-corrected chi connectivity index (χ4v) is 2.81. The average Bonchev–Trinajstić information content (AvgIpc) is 3.16. The Bertz CT molecular complexity index is 1040. The summed E-state index contributed by atoms with van der Waals surface area (Å²) in [4.78, 5) is 23.0. The molecule has 3 aromatic rings. The van der Waals surface area contributed by atoms with E-state index in [9.17, 15) is 14.9 Å². The molecule has 0 bridgehead atoms. The molecular weight excluding hydrogens is 382 g/mol. The summed E-state index contributed by atoms with van der Waals surface area (Å²) in [5, 5.41) is 11.7. The van der Waals surface area contributed by atoms with Gasteiger partial charge in [-0.3, -0.25) is 10.1 Å². The molecule has 0 saturated carbocycles. The van der Waals surface area contributed by atoms with E-state index in [4.69, 9.17) is 20.8 Å². The molecule has 3 rings (SSSR count). The lowest BCUT2D eigenvalue weighted by Crippen LogP contribution is -2.05. The lowest BCUT2D eigenvalue weighted by Gasteiger charge is -2.06. The van der Waals surface area contributed by atoms with Crippen molar-refractivity contribution in [2.45, 2.75) is 6.92 Å². The van der Waals surface area contributed by atoms with Gasteiger partial charge in [-0.2, -0.15) is 0 Å². The van der Waals surface area contributed by atoms with Crippen LogP contribution < -0.4 is 0 Å². The van der Waals surface area contributed by atoms with Crippen molar-refractivity contribution in [1.82, 2.24) is 0 Å². The zero-order valence-corrected chi connectivity index (χ0v) is 15.7. The van der Waals surface area contributed by atoms with E-state index in [0.29, 0.717) is 22.6 Å². The topological polar surface area (TPSA) is 82.6 Å². The third-order valence-electron chi connectivity index (χ3n) is 3.92. The van der Waals surface area contributed by atoms with Gasteiger partial charge >= 0.3 is 5.97 Å². The van der Waals surface area contributed by atoms with Crippen molar-refractivity contribution < 1.29 is 18.9 Å². The highest BCUT2D eigenvalue weighted by Gasteiger charge is 2.17. The first-order valence-corrected chi connectivity index (χ1v) is 8.85. The zero-order chi connectivity index (χ0) is 20.1. The third-order valence-corrected chi connectivity index (χ3v) is 4.25. The van der Waals surface area contributed by atoms with Gasteiger partial charge in [-0.15, -0.1) is 0 Å². The molecule has 7 heteroatoms. The van der Waals surface area contributed by atoms with Gasteiger partial charge in [-0.1, -0.05) is 29.8 Å². The fourth-order valence-electron chi connectivity index (χ4n) is 2.61. The second kappa shape index (κ2) is 8.54. The van der Waals surface area contributed by atoms with Gasteiger partial charge < -0.3 is 9.15 Å². The van der Waals surface area contributed by atoms with E-state index in [1.54, 1.807) is 67.6 Å². The molecule has 0 fully saturated rings. The number of nitro groups is 1. The molecule has 0 radical (unpaired) electrons. The average molecular weight is 398 g/mol. The van der Waals surface area contributed by atoms with E-state index in [1.807, 2.05) is 0 Å². The Kier molecular flexibility index (Phi) is 5.91. The van der Waals surface area contributed by atoms with Crippen LogP contribution in [0.15, 0.2) is 65.1 Å². The first-order valence-electron chi connectivity index (χ1n) is 8.48. The second-order valence-corrected chi connectivity index (χ2v) is 6.18. The fraction of sp³-hybridized carbons (Fsp3) is 0.0952. The van der Waals surface area contributed by atoms with Crippen LogP contribution in [-0.4, -0.2) is 17.5 Å². The molecule has 28 heavy (non-hydrogen) atoms. The second-order valence-electron chi connectivity index (χ2n) is 5.77. The molecule has 0 aliphatic heterocycles. The number of hydrogen-bond acceptors (Lipinski definition) is 5. The molecule has 0 unspecified atom stereocenters. The van der Waals surface area contributed by atoms with E-state index in [1.165, 1.54) is 6.08 Å². The van der Waals surface area contributed by atoms with E-state index >= 15 is 0 Å². The number of ether oxygens (including phenoxy) is 1. The minimum atomic E-state index is -0.527. The van der Waals surface area contributed by atoms with Crippen molar-refractivity contribution in [3.05, 3.63) is 92.7 Å². The predicted octanol–water partition coefficient (Wildman–Crippen LogP) is 5.55. The summed E-state index contributed by atoms with van der Waals surface area (Å²) >= 11 is 6.08. The Morgan fingerprint density at radius 2 is 1.93 bits per heavy atom. The van der Waals surface area contributed by atoms with E-state index < -0.39 is 10.9 Å². The Labute approximate surface area is 166 Å². The van der Waals surface area contributed by atoms with Gasteiger partial charge in [0.05, 0.1) is 33.8 Å². The van der Waals surface area contributed by atoms with Crippen LogP contribution in [0.2, 0.25) is 5.02 Å². The van der Waals surface area contributed by atoms with Crippen LogP contribution in [0.25, 0.3) is 23.1 Å². The van der Waals surface area contributed by atoms with Crippen LogP contribution in [0.1, 0.15) is 28.6 Å². The highest BCUT2D eigenvalue weighted by molar-refractivity contribution is 6.33. The molecule has 0 N–H and O–H groups in total. The van der Waals surface area contributed by atoms with Gasteiger partial charge in [0.15, 0.2) is 0 Å². The van der Waals surface area contributed by atoms with E-state index in [2.05, 4.69) is 0 Å². The standard InChI is InChI=1S/C21H16ClNO5/c1-2-27-21(24)17-12-15(8-10-18(17)22)20-11-9-16(28-20)13-19(23(25)26)14-6-4-3-5-7-14/h3-13H,2H2,1H3/b19-13+. The van der Waals surface area contributed by atoms with Crippen molar-refractivity contribution in [3.8, 4) is 11.3 Å². The number of rotatable bonds is 6. The molecule has 0 atom stereocenters. The van der Waals surface area contributed by atoms with Gasteiger partial charge in [0.1, 0.15) is 11.5 Å². The summed E-state index contributed by atoms with van der Waals surface area (Å²) < 4.78 is 10.7. The normalized spacial score (nSPS) is 11.3. The van der Waals surface area contributed by atoms with Crippen LogP contribution in [0, 0.1) is 10.1 Å². The van der Waals surface area contributed by atoms with Crippen LogP contribution in [0.5, 0.6) is 0 Å². The first-order chi connectivity index (χ1) is 13.5. The SMILES string of the molecule is CCOC(=O)c1cc(-c2ccc(/C=C(\c3ccccc3)[N+](=O)[O-])o2)ccc1Cl. The summed E-state index contributed by atoms with van der Waals surface area (Å²) in [5.41, 5.74) is 1.23. The molecule has 0 aliphatic carbocycles. The lowest BCUT2D eigenvalue weighted by atomic mass is 10.1. The van der Waals surface area contributed by atoms with Crippen molar-refractivity contribution in [3.63, 3.8) is 0 Å². The summed E-state index contributed by atoms with van der Waals surface area (Å²) in [7, 11) is 0. The smallest absolute Gasteiger partial charge is 0.339 e. The monoisotopic (exact) mass is 397 g/mol. The van der Waals surface area contributed by atoms with Gasteiger partial charge in [-0.05, 0) is 49.4 Å². The molecule has 0 saturated heterocycles. The molecule has 0 aliphatic rings. The third kappa shape index (κ3) is 4.29. The Morgan fingerprint density at radius 1 is 1.18 bits per heavy atom. The minimum Gasteiger partial charge on any atom is -0.462 e. The Morgan fingerprint density at radius 3 is 2.61 bits per heavy atom. The predicted molar refractivity (Wildman–Crippen MR) is 106 cm³/mol. The van der Waals surface area contributed by atoms with Crippen LogP contribution in [0.3, 0.4) is 0 Å². The summed E-state index contributed by atoms with van der Waals surface area (Å²) in [6.45, 7) is 1.94. The Balaban J connectivity index is 1.95. The maximum atomic E-state index is 12.0. The van der Waals surface area contributed by atoms with E-state index in [0.717, 1.165) is 0 Å². The largest absolute Gasteiger partial charge is 0.462 e. The maximum Gasteiger partial charge on any atom is 0.339 e. The zero-order valence-electron chi connectivity index (χ0n) is 14.9. The number of esters is 1. The number of halogens is 1. The number of carbonyl (C=O) groups is 1.